The fourth-order valence-corrected chi connectivity index (χ4v) is 9.18. The molecule has 4 heterocycles. The summed E-state index contributed by atoms with van der Waals surface area (Å²) in [4.78, 5) is 2.51. The van der Waals surface area contributed by atoms with Gasteiger partial charge in [0, 0.05) is 42.1 Å². The van der Waals surface area contributed by atoms with E-state index in [4.69, 9.17) is 4.74 Å². The van der Waals surface area contributed by atoms with Gasteiger partial charge in [-0.05, 0) is 55.0 Å². The predicted octanol–water partition coefficient (Wildman–Crippen LogP) is 4.32. The average Bonchev–Trinajstić information content (AvgIpc) is 3.45. The molecule has 1 spiro atoms. The fourth-order valence-electron chi connectivity index (χ4n) is 9.18. The maximum Gasteiger partial charge on any atom is 0.166 e. The van der Waals surface area contributed by atoms with Gasteiger partial charge in [-0.1, -0.05) is 54.6 Å². The molecule has 0 unspecified atom stereocenters. The first-order chi connectivity index (χ1) is 19.0. The number of aryl methyl sites for hydroxylation is 1. The van der Waals surface area contributed by atoms with Crippen LogP contribution in [0.3, 0.4) is 0 Å². The highest BCUT2D eigenvalue weighted by molar-refractivity contribution is 5.90. The van der Waals surface area contributed by atoms with Crippen molar-refractivity contribution in [3.8, 4) is 11.5 Å². The van der Waals surface area contributed by atoms with E-state index in [9.17, 15) is 15.3 Å². The monoisotopic (exact) mass is 520 g/mol. The Morgan fingerprint density at radius 3 is 2.74 bits per heavy atom. The van der Waals surface area contributed by atoms with Crippen LogP contribution in [0, 0.1) is 0 Å². The Hall–Kier alpha value is -3.32. The molecule has 5 atom stereocenters. The predicted molar refractivity (Wildman–Crippen MR) is 147 cm³/mol. The van der Waals surface area contributed by atoms with E-state index >= 15 is 0 Å². The zero-order valence-corrected chi connectivity index (χ0v) is 21.8. The molecule has 0 radical (unpaired) electrons. The lowest BCUT2D eigenvalue weighted by Gasteiger charge is -2.63. The van der Waals surface area contributed by atoms with Crippen molar-refractivity contribution in [3.63, 3.8) is 0 Å². The second kappa shape index (κ2) is 7.45. The highest BCUT2D eigenvalue weighted by Crippen LogP contribution is 2.69. The summed E-state index contributed by atoms with van der Waals surface area (Å²) in [6.07, 6.45) is 2.82. The highest BCUT2D eigenvalue weighted by Gasteiger charge is 2.73. The number of hydrogen-bond donors (Lipinski definition) is 3. The lowest BCUT2D eigenvalue weighted by Crippen LogP contribution is -2.74. The van der Waals surface area contributed by atoms with Crippen LogP contribution >= 0.6 is 0 Å². The zero-order valence-electron chi connectivity index (χ0n) is 21.8. The number of ether oxygens (including phenoxy) is 1. The molecule has 3 N–H and O–H groups in total. The Balaban J connectivity index is 1.26. The lowest BCUT2D eigenvalue weighted by atomic mass is 9.49. The summed E-state index contributed by atoms with van der Waals surface area (Å²) >= 11 is 0. The molecule has 198 valence electrons. The smallest absolute Gasteiger partial charge is 0.166 e. The van der Waals surface area contributed by atoms with E-state index in [1.54, 1.807) is 6.07 Å². The number of rotatable bonds is 3. The number of phenolic OH excluding ortho intramolecular Hbond substituents is 1. The molecule has 1 saturated heterocycles. The summed E-state index contributed by atoms with van der Waals surface area (Å²) in [5.41, 5.74) is 6.23. The third-order valence-corrected chi connectivity index (χ3v) is 10.8. The average molecular weight is 521 g/mol. The van der Waals surface area contributed by atoms with Gasteiger partial charge < -0.3 is 24.6 Å². The first kappa shape index (κ1) is 22.5. The number of hydrogen-bond acceptors (Lipinski definition) is 5. The highest BCUT2D eigenvalue weighted by atomic mass is 16.5. The van der Waals surface area contributed by atoms with Crippen LogP contribution in [0.1, 0.15) is 58.6 Å². The minimum absolute atomic E-state index is 0.0468. The van der Waals surface area contributed by atoms with Crippen LogP contribution in [-0.4, -0.2) is 49.5 Å². The largest absolute Gasteiger partial charge is 0.504 e. The molecule has 6 heteroatoms. The van der Waals surface area contributed by atoms with Gasteiger partial charge in [-0.2, -0.15) is 0 Å². The Kier molecular flexibility index (Phi) is 4.29. The van der Waals surface area contributed by atoms with Gasteiger partial charge in [0.2, 0.25) is 0 Å². The van der Waals surface area contributed by atoms with E-state index in [0.29, 0.717) is 18.6 Å². The molecule has 0 amide bonds. The van der Waals surface area contributed by atoms with Crippen molar-refractivity contribution in [3.05, 3.63) is 94.2 Å². The van der Waals surface area contributed by atoms with Gasteiger partial charge in [0.15, 0.2) is 17.6 Å². The van der Waals surface area contributed by atoms with Crippen molar-refractivity contribution in [2.24, 2.45) is 0 Å². The molecule has 2 aliphatic carbocycles. The fraction of sp³-hybridized carbons (Fsp3) is 0.394. The molecule has 0 saturated carbocycles. The van der Waals surface area contributed by atoms with Gasteiger partial charge in [-0.15, -0.1) is 0 Å². The number of aliphatic hydroxyl groups is 2. The molecule has 9 rings (SSSR count). The van der Waals surface area contributed by atoms with Crippen LogP contribution in [0.2, 0.25) is 0 Å². The summed E-state index contributed by atoms with van der Waals surface area (Å²) in [6, 6.07) is 20.6. The van der Waals surface area contributed by atoms with Gasteiger partial charge in [-0.25, -0.2) is 0 Å². The van der Waals surface area contributed by atoms with E-state index in [1.165, 1.54) is 11.1 Å². The Labute approximate surface area is 227 Å². The standard InChI is InChI=1S/C33H32N2O4/c36-24-12-15-35-28-21(7-4-8-22(24)28)23-18-33(38)26-17-20-9-10-25(37)30-27(20)32(33,31(39-30)29(23)35)13-16-34(26)14-11-19-5-2-1-3-6-19/h1-10,24,26,31,36-38H,11-18H2/t24-,26-,31+,32+,33-/m1/s1. The summed E-state index contributed by atoms with van der Waals surface area (Å²) in [6.45, 7) is 2.50. The summed E-state index contributed by atoms with van der Waals surface area (Å²) < 4.78 is 9.18. The quantitative estimate of drug-likeness (QED) is 0.375. The minimum atomic E-state index is -1.03. The minimum Gasteiger partial charge on any atom is -0.504 e. The SMILES string of the molecule is Oc1ccc2c3c1O[C@H]1c4c(c5cccc6c5n4CC[C@H]6O)C[C@@]4(O)[C@@H](C2)N(CCc2ccccc2)CC[C@]314. The number of piperidine rings is 1. The molecule has 2 bridgehead atoms. The number of benzene rings is 3. The van der Waals surface area contributed by atoms with Crippen molar-refractivity contribution in [1.29, 1.82) is 0 Å². The maximum atomic E-state index is 13.1. The number of nitrogens with zero attached hydrogens (tertiary/aromatic N) is 2. The number of likely N-dealkylation sites (tertiary alicyclic amines) is 1. The first-order valence-electron chi connectivity index (χ1n) is 14.4. The normalized spacial score (nSPS) is 31.6. The van der Waals surface area contributed by atoms with E-state index in [1.807, 2.05) is 12.1 Å². The molecule has 1 fully saturated rings. The van der Waals surface area contributed by atoms with Gasteiger partial charge in [-0.3, -0.25) is 4.90 Å². The van der Waals surface area contributed by atoms with Gasteiger partial charge in [0.1, 0.15) is 0 Å². The van der Waals surface area contributed by atoms with Crippen molar-refractivity contribution < 1.29 is 20.1 Å². The van der Waals surface area contributed by atoms with Crippen LogP contribution in [0.15, 0.2) is 60.7 Å². The molecular weight excluding hydrogens is 488 g/mol. The molecule has 5 aliphatic rings. The number of para-hydroxylation sites is 1. The Morgan fingerprint density at radius 2 is 1.87 bits per heavy atom. The first-order valence-corrected chi connectivity index (χ1v) is 14.4. The molecule has 39 heavy (non-hydrogen) atoms. The van der Waals surface area contributed by atoms with Crippen LogP contribution in [0.5, 0.6) is 11.5 Å². The van der Waals surface area contributed by atoms with Crippen molar-refractivity contribution in [2.75, 3.05) is 13.1 Å². The van der Waals surface area contributed by atoms with E-state index in [0.717, 1.165) is 72.2 Å². The molecule has 3 aliphatic heterocycles. The zero-order chi connectivity index (χ0) is 26.1. The third kappa shape index (κ3) is 2.59. The Bertz CT molecular complexity index is 1680. The van der Waals surface area contributed by atoms with Crippen molar-refractivity contribution in [1.82, 2.24) is 9.47 Å². The topological polar surface area (TPSA) is 78.1 Å². The number of aliphatic hydroxyl groups excluding tert-OH is 1. The number of phenols is 1. The lowest BCUT2D eigenvalue weighted by molar-refractivity contribution is -0.172. The summed E-state index contributed by atoms with van der Waals surface area (Å²) in [5.74, 6) is 0.728. The molecule has 4 aromatic rings. The van der Waals surface area contributed by atoms with Gasteiger partial charge >= 0.3 is 0 Å². The molecule has 6 nitrogen and oxygen atoms in total. The van der Waals surface area contributed by atoms with Crippen LogP contribution < -0.4 is 4.74 Å². The summed E-state index contributed by atoms with van der Waals surface area (Å²) in [7, 11) is 0. The van der Waals surface area contributed by atoms with Crippen LogP contribution in [-0.2, 0) is 31.2 Å². The molecular formula is C33H32N2O4. The Morgan fingerprint density at radius 1 is 1.00 bits per heavy atom. The summed E-state index contributed by atoms with van der Waals surface area (Å²) in [5, 5.41) is 36.1. The number of fused-ring (bicyclic) bond motifs is 4. The second-order valence-electron chi connectivity index (χ2n) is 12.3. The van der Waals surface area contributed by atoms with Gasteiger partial charge in [0.05, 0.1) is 28.3 Å². The third-order valence-electron chi connectivity index (χ3n) is 10.8. The van der Waals surface area contributed by atoms with Crippen molar-refractivity contribution in [2.45, 2.75) is 67.9 Å². The van der Waals surface area contributed by atoms with E-state index in [2.05, 4.69) is 51.9 Å². The second-order valence-corrected chi connectivity index (χ2v) is 12.3. The molecule has 1 aromatic heterocycles. The van der Waals surface area contributed by atoms with Gasteiger partial charge in [0.25, 0.3) is 0 Å². The van der Waals surface area contributed by atoms with Crippen molar-refractivity contribution >= 4 is 10.9 Å². The maximum absolute atomic E-state index is 13.1. The van der Waals surface area contributed by atoms with Crippen LogP contribution in [0.25, 0.3) is 10.9 Å². The number of aromatic hydroxyl groups is 1. The molecule has 3 aromatic carbocycles. The van der Waals surface area contributed by atoms with E-state index in [-0.39, 0.29) is 17.9 Å². The van der Waals surface area contributed by atoms with Crippen LogP contribution in [0.4, 0.5) is 0 Å². The number of aromatic nitrogens is 1. The van der Waals surface area contributed by atoms with E-state index < -0.39 is 17.1 Å².